The minimum atomic E-state index is -0.557. The van der Waals surface area contributed by atoms with Gasteiger partial charge in [-0.25, -0.2) is 4.79 Å². The van der Waals surface area contributed by atoms with Crippen molar-refractivity contribution < 1.29 is 14.3 Å². The molecule has 1 aliphatic heterocycles. The molecule has 1 heterocycles. The lowest BCUT2D eigenvalue weighted by Gasteiger charge is -2.34. The lowest BCUT2D eigenvalue weighted by molar-refractivity contribution is 0.0635. The van der Waals surface area contributed by atoms with Crippen LogP contribution in [-0.2, 0) is 11.3 Å². The predicted octanol–water partition coefficient (Wildman–Crippen LogP) is 3.58. The van der Waals surface area contributed by atoms with E-state index in [2.05, 4.69) is 44.7 Å². The third kappa shape index (κ3) is 7.98. The molecule has 0 atom stereocenters. The number of rotatable bonds is 7. The van der Waals surface area contributed by atoms with Crippen LogP contribution in [-0.4, -0.2) is 66.7 Å². The summed E-state index contributed by atoms with van der Waals surface area (Å²) < 4.78 is 5.23. The largest absolute Gasteiger partial charge is 0.444 e. The first-order valence-electron chi connectivity index (χ1n) is 11.2. The highest BCUT2D eigenvalue weighted by Gasteiger charge is 2.18. The second-order valence-electron chi connectivity index (χ2n) is 9.06. The maximum absolute atomic E-state index is 12.4. The second kappa shape index (κ2) is 11.1. The van der Waals surface area contributed by atoms with Crippen molar-refractivity contribution in [3.8, 4) is 0 Å². The number of nitrogens with one attached hydrogen (secondary N) is 2. The SMILES string of the molecule is CC(C)(C)OC(=O)Nc1ccc(C(=O)NCCN2CCN(Cc3ccccc3)CC2)cc1. The van der Waals surface area contributed by atoms with Gasteiger partial charge in [0.25, 0.3) is 5.91 Å². The van der Waals surface area contributed by atoms with Gasteiger partial charge in [0.1, 0.15) is 5.60 Å². The molecule has 32 heavy (non-hydrogen) atoms. The summed E-state index contributed by atoms with van der Waals surface area (Å²) in [6, 6.07) is 17.3. The quantitative estimate of drug-likeness (QED) is 0.691. The highest BCUT2D eigenvalue weighted by atomic mass is 16.6. The summed E-state index contributed by atoms with van der Waals surface area (Å²) in [5, 5.41) is 5.65. The molecule has 2 aromatic carbocycles. The summed E-state index contributed by atoms with van der Waals surface area (Å²) in [6.45, 7) is 12.0. The number of nitrogens with zero attached hydrogens (tertiary/aromatic N) is 2. The molecule has 2 aromatic rings. The monoisotopic (exact) mass is 438 g/mol. The third-order valence-corrected chi connectivity index (χ3v) is 5.22. The number of anilines is 1. The summed E-state index contributed by atoms with van der Waals surface area (Å²) in [4.78, 5) is 29.1. The van der Waals surface area contributed by atoms with Gasteiger partial charge in [-0.1, -0.05) is 30.3 Å². The van der Waals surface area contributed by atoms with E-state index in [0.717, 1.165) is 39.3 Å². The van der Waals surface area contributed by atoms with Crippen LogP contribution >= 0.6 is 0 Å². The highest BCUT2D eigenvalue weighted by Crippen LogP contribution is 2.13. The zero-order valence-corrected chi connectivity index (χ0v) is 19.3. The van der Waals surface area contributed by atoms with Gasteiger partial charge in [0, 0.05) is 57.1 Å². The van der Waals surface area contributed by atoms with Gasteiger partial charge in [0.05, 0.1) is 0 Å². The van der Waals surface area contributed by atoms with Crippen molar-refractivity contribution in [1.82, 2.24) is 15.1 Å². The van der Waals surface area contributed by atoms with Gasteiger partial charge < -0.3 is 10.1 Å². The van der Waals surface area contributed by atoms with Crippen LogP contribution in [0.4, 0.5) is 10.5 Å². The minimum absolute atomic E-state index is 0.114. The predicted molar refractivity (Wildman–Crippen MR) is 127 cm³/mol. The molecular formula is C25H34N4O3. The first-order valence-corrected chi connectivity index (χ1v) is 11.2. The molecule has 0 spiro atoms. The van der Waals surface area contributed by atoms with Gasteiger partial charge in [-0.2, -0.15) is 0 Å². The minimum Gasteiger partial charge on any atom is -0.444 e. The second-order valence-corrected chi connectivity index (χ2v) is 9.06. The number of hydrogen-bond donors (Lipinski definition) is 2. The van der Waals surface area contributed by atoms with Gasteiger partial charge in [-0.3, -0.25) is 19.9 Å². The summed E-state index contributed by atoms with van der Waals surface area (Å²) in [5.41, 5.74) is 1.94. The fourth-order valence-corrected chi connectivity index (χ4v) is 3.57. The van der Waals surface area contributed by atoms with Gasteiger partial charge in [0.2, 0.25) is 0 Å². The topological polar surface area (TPSA) is 73.9 Å². The molecule has 1 fully saturated rings. The smallest absolute Gasteiger partial charge is 0.412 e. The highest BCUT2D eigenvalue weighted by molar-refractivity contribution is 5.95. The Labute approximate surface area is 190 Å². The van der Waals surface area contributed by atoms with Crippen LogP contribution in [0.25, 0.3) is 0 Å². The van der Waals surface area contributed by atoms with E-state index in [-0.39, 0.29) is 5.91 Å². The molecule has 0 bridgehead atoms. The number of carbonyl (C=O) groups is 2. The summed E-state index contributed by atoms with van der Waals surface area (Å²) in [5.74, 6) is -0.114. The molecule has 2 N–H and O–H groups in total. The fraction of sp³-hybridized carbons (Fsp3) is 0.440. The maximum atomic E-state index is 12.4. The Balaban J connectivity index is 1.35. The standard InChI is InChI=1S/C25H34N4O3/c1-25(2,3)32-24(31)27-22-11-9-21(10-12-22)23(30)26-13-14-28-15-17-29(18-16-28)19-20-7-5-4-6-8-20/h4-12H,13-19H2,1-3H3,(H,26,30)(H,27,31). The summed E-state index contributed by atoms with van der Waals surface area (Å²) >= 11 is 0. The normalized spacial score (nSPS) is 15.2. The number of amides is 2. The number of piperazine rings is 1. The van der Waals surface area contributed by atoms with Gasteiger partial charge in [-0.15, -0.1) is 0 Å². The van der Waals surface area contributed by atoms with Crippen molar-refractivity contribution in [2.24, 2.45) is 0 Å². The number of ether oxygens (including phenoxy) is 1. The Morgan fingerprint density at radius 2 is 1.53 bits per heavy atom. The van der Waals surface area contributed by atoms with Crippen molar-refractivity contribution >= 4 is 17.7 Å². The Kier molecular flexibility index (Phi) is 8.25. The van der Waals surface area contributed by atoms with Gasteiger partial charge in [-0.05, 0) is 50.6 Å². The van der Waals surface area contributed by atoms with E-state index in [1.807, 2.05) is 26.8 Å². The molecule has 1 saturated heterocycles. The van der Waals surface area contributed by atoms with Crippen molar-refractivity contribution in [2.75, 3.05) is 44.6 Å². The lowest BCUT2D eigenvalue weighted by atomic mass is 10.2. The Morgan fingerprint density at radius 3 is 2.16 bits per heavy atom. The molecule has 1 aliphatic rings. The average Bonchev–Trinajstić information content (AvgIpc) is 2.75. The molecule has 0 saturated carbocycles. The first kappa shape index (κ1) is 23.8. The van der Waals surface area contributed by atoms with Gasteiger partial charge in [0.15, 0.2) is 0 Å². The van der Waals surface area contributed by atoms with E-state index in [9.17, 15) is 9.59 Å². The first-order chi connectivity index (χ1) is 15.3. The van der Waals surface area contributed by atoms with Crippen LogP contribution in [0.3, 0.4) is 0 Å². The molecule has 2 amide bonds. The van der Waals surface area contributed by atoms with E-state index in [1.54, 1.807) is 24.3 Å². The van der Waals surface area contributed by atoms with Crippen LogP contribution in [0.15, 0.2) is 54.6 Å². The maximum Gasteiger partial charge on any atom is 0.412 e. The van der Waals surface area contributed by atoms with E-state index >= 15 is 0 Å². The van der Waals surface area contributed by atoms with Crippen LogP contribution in [0.5, 0.6) is 0 Å². The Hall–Kier alpha value is -2.90. The van der Waals surface area contributed by atoms with Crippen molar-refractivity contribution in [3.63, 3.8) is 0 Å². The zero-order chi connectivity index (χ0) is 23.0. The van der Waals surface area contributed by atoms with Crippen LogP contribution in [0, 0.1) is 0 Å². The molecule has 7 nitrogen and oxygen atoms in total. The van der Waals surface area contributed by atoms with E-state index in [1.165, 1.54) is 5.56 Å². The third-order valence-electron chi connectivity index (χ3n) is 5.22. The summed E-state index contributed by atoms with van der Waals surface area (Å²) in [6.07, 6.45) is -0.515. The molecular weight excluding hydrogens is 404 g/mol. The molecule has 0 aliphatic carbocycles. The Morgan fingerprint density at radius 1 is 0.906 bits per heavy atom. The molecule has 172 valence electrons. The fourth-order valence-electron chi connectivity index (χ4n) is 3.57. The molecule has 0 radical (unpaired) electrons. The van der Waals surface area contributed by atoms with E-state index < -0.39 is 11.7 Å². The van der Waals surface area contributed by atoms with Crippen molar-refractivity contribution in [1.29, 1.82) is 0 Å². The number of carbonyl (C=O) groups excluding carboxylic acids is 2. The van der Waals surface area contributed by atoms with Gasteiger partial charge >= 0.3 is 6.09 Å². The van der Waals surface area contributed by atoms with Crippen LogP contribution in [0.2, 0.25) is 0 Å². The average molecular weight is 439 g/mol. The number of hydrogen-bond acceptors (Lipinski definition) is 5. The number of benzene rings is 2. The van der Waals surface area contributed by atoms with Crippen molar-refractivity contribution in [2.45, 2.75) is 32.9 Å². The lowest BCUT2D eigenvalue weighted by Crippen LogP contribution is -2.48. The summed E-state index contributed by atoms with van der Waals surface area (Å²) in [7, 11) is 0. The molecule has 3 rings (SSSR count). The molecule has 7 heteroatoms. The van der Waals surface area contributed by atoms with E-state index in [4.69, 9.17) is 4.74 Å². The van der Waals surface area contributed by atoms with E-state index in [0.29, 0.717) is 17.8 Å². The van der Waals surface area contributed by atoms with Crippen molar-refractivity contribution in [3.05, 3.63) is 65.7 Å². The zero-order valence-electron chi connectivity index (χ0n) is 19.3. The van der Waals surface area contributed by atoms with Crippen LogP contribution < -0.4 is 10.6 Å². The Bertz CT molecular complexity index is 870. The van der Waals surface area contributed by atoms with Crippen LogP contribution in [0.1, 0.15) is 36.7 Å². The molecule has 0 unspecified atom stereocenters. The molecule has 0 aromatic heterocycles.